The van der Waals surface area contributed by atoms with Crippen LogP contribution in [0.5, 0.6) is 5.75 Å². The molecule has 0 saturated heterocycles. The molecule has 0 bridgehead atoms. The molecule has 2 N–H and O–H groups in total. The van der Waals surface area contributed by atoms with Crippen LogP contribution in [0.4, 0.5) is 5.69 Å². The van der Waals surface area contributed by atoms with E-state index < -0.39 is 0 Å². The van der Waals surface area contributed by atoms with Crippen molar-refractivity contribution in [1.82, 2.24) is 0 Å². The van der Waals surface area contributed by atoms with E-state index >= 15 is 0 Å². The average Bonchev–Trinajstić information content (AvgIpc) is 2.22. The van der Waals surface area contributed by atoms with Crippen LogP contribution in [0, 0.1) is 0 Å². The monoisotopic (exact) mass is 285 g/mol. The molecule has 1 rings (SSSR count). The van der Waals surface area contributed by atoms with Gasteiger partial charge in [-0.2, -0.15) is 0 Å². The predicted molar refractivity (Wildman–Crippen MR) is 68.7 cm³/mol. The molecule has 0 fully saturated rings. The molecule has 4 heteroatoms. The van der Waals surface area contributed by atoms with E-state index in [-0.39, 0.29) is 5.78 Å². The van der Waals surface area contributed by atoms with Gasteiger partial charge in [0.1, 0.15) is 11.5 Å². The van der Waals surface area contributed by atoms with Gasteiger partial charge >= 0.3 is 0 Å². The molecule has 3 nitrogen and oxygen atoms in total. The number of methoxy groups -OCH3 is 1. The molecule has 0 heterocycles. The molecule has 0 unspecified atom stereocenters. The number of aryl methyl sites for hydroxylation is 1. The first-order valence-corrected chi connectivity index (χ1v) is 5.95. The lowest BCUT2D eigenvalue weighted by Crippen LogP contribution is -1.98. The summed E-state index contributed by atoms with van der Waals surface area (Å²) in [7, 11) is 1.61. The fourth-order valence-electron chi connectivity index (χ4n) is 1.51. The Kier molecular flexibility index (Phi) is 4.80. The highest BCUT2D eigenvalue weighted by molar-refractivity contribution is 9.10. The van der Waals surface area contributed by atoms with Gasteiger partial charge in [0.2, 0.25) is 0 Å². The first kappa shape index (κ1) is 13.0. The zero-order valence-corrected chi connectivity index (χ0v) is 11.1. The number of hydrogen-bond acceptors (Lipinski definition) is 3. The fourth-order valence-corrected chi connectivity index (χ4v) is 2.06. The van der Waals surface area contributed by atoms with Gasteiger partial charge in [0.15, 0.2) is 0 Å². The van der Waals surface area contributed by atoms with E-state index in [0.717, 1.165) is 28.6 Å². The second-order valence-electron chi connectivity index (χ2n) is 3.74. The lowest BCUT2D eigenvalue weighted by molar-refractivity contribution is -0.117. The number of carbonyl (C=O) groups is 1. The van der Waals surface area contributed by atoms with E-state index in [1.54, 1.807) is 20.1 Å². The average molecular weight is 286 g/mol. The maximum atomic E-state index is 10.8. The van der Waals surface area contributed by atoms with Crippen molar-refractivity contribution in [3.8, 4) is 5.75 Å². The zero-order chi connectivity index (χ0) is 12.1. The summed E-state index contributed by atoms with van der Waals surface area (Å²) in [5.41, 5.74) is 7.66. The highest BCUT2D eigenvalue weighted by Gasteiger charge is 2.06. The number of ketones is 1. The number of rotatable bonds is 5. The number of nitrogens with two attached hydrogens (primary N) is 1. The molecular weight excluding hydrogens is 270 g/mol. The summed E-state index contributed by atoms with van der Waals surface area (Å²) >= 11 is 3.41. The van der Waals surface area contributed by atoms with E-state index in [4.69, 9.17) is 10.5 Å². The van der Waals surface area contributed by atoms with Gasteiger partial charge in [0, 0.05) is 18.2 Å². The van der Waals surface area contributed by atoms with Crippen LogP contribution in [0.2, 0.25) is 0 Å². The highest BCUT2D eigenvalue weighted by atomic mass is 79.9. The predicted octanol–water partition coefficient (Wildman–Crippen LogP) is 2.95. The van der Waals surface area contributed by atoms with E-state index in [1.165, 1.54) is 0 Å². The van der Waals surface area contributed by atoms with Crippen LogP contribution in [-0.4, -0.2) is 12.9 Å². The second-order valence-corrected chi connectivity index (χ2v) is 4.60. The van der Waals surface area contributed by atoms with Crippen LogP contribution in [-0.2, 0) is 11.2 Å². The van der Waals surface area contributed by atoms with E-state index in [9.17, 15) is 4.79 Å². The SMILES string of the molecule is COc1cc(N)c(CCCC(C)=O)cc1Br. The van der Waals surface area contributed by atoms with Crippen molar-refractivity contribution in [2.45, 2.75) is 26.2 Å². The van der Waals surface area contributed by atoms with Gasteiger partial charge in [-0.05, 0) is 47.3 Å². The van der Waals surface area contributed by atoms with Crippen LogP contribution < -0.4 is 10.5 Å². The third-order valence-electron chi connectivity index (χ3n) is 2.39. The summed E-state index contributed by atoms with van der Waals surface area (Å²) in [5.74, 6) is 0.943. The lowest BCUT2D eigenvalue weighted by atomic mass is 10.0. The third-order valence-corrected chi connectivity index (χ3v) is 3.01. The Morgan fingerprint density at radius 3 is 2.75 bits per heavy atom. The Hall–Kier alpha value is -1.03. The van der Waals surface area contributed by atoms with Crippen molar-refractivity contribution in [1.29, 1.82) is 0 Å². The summed E-state index contributed by atoms with van der Waals surface area (Å²) in [6.45, 7) is 1.60. The van der Waals surface area contributed by atoms with Crippen LogP contribution in [0.3, 0.4) is 0 Å². The molecule has 1 aromatic carbocycles. The van der Waals surface area contributed by atoms with E-state index in [0.29, 0.717) is 12.1 Å². The van der Waals surface area contributed by atoms with Crippen LogP contribution in [0.25, 0.3) is 0 Å². The molecule has 1 aromatic rings. The van der Waals surface area contributed by atoms with Gasteiger partial charge < -0.3 is 15.3 Å². The van der Waals surface area contributed by atoms with Crippen LogP contribution >= 0.6 is 15.9 Å². The summed E-state index contributed by atoms with van der Waals surface area (Å²) in [5, 5.41) is 0. The topological polar surface area (TPSA) is 52.3 Å². The van der Waals surface area contributed by atoms with E-state index in [1.807, 2.05) is 6.07 Å². The molecule has 0 aliphatic rings. The molecule has 0 saturated carbocycles. The Labute approximate surface area is 104 Å². The van der Waals surface area contributed by atoms with Gasteiger partial charge in [-0.25, -0.2) is 0 Å². The molecular formula is C12H16BrNO2. The normalized spacial score (nSPS) is 10.2. The summed E-state index contributed by atoms with van der Waals surface area (Å²) in [6.07, 6.45) is 2.25. The van der Waals surface area contributed by atoms with Crippen molar-refractivity contribution in [2.75, 3.05) is 12.8 Å². The number of carbonyl (C=O) groups excluding carboxylic acids is 1. The van der Waals surface area contributed by atoms with Crippen LogP contribution in [0.15, 0.2) is 16.6 Å². The van der Waals surface area contributed by atoms with Crippen molar-refractivity contribution < 1.29 is 9.53 Å². The van der Waals surface area contributed by atoms with Gasteiger partial charge in [0.05, 0.1) is 11.6 Å². The first-order valence-electron chi connectivity index (χ1n) is 5.16. The van der Waals surface area contributed by atoms with Gasteiger partial charge in [-0.15, -0.1) is 0 Å². The van der Waals surface area contributed by atoms with Gasteiger partial charge in [-0.1, -0.05) is 0 Å². The summed E-state index contributed by atoms with van der Waals surface area (Å²) < 4.78 is 6.03. The Morgan fingerprint density at radius 1 is 1.50 bits per heavy atom. The molecule has 0 aliphatic heterocycles. The number of anilines is 1. The minimum Gasteiger partial charge on any atom is -0.495 e. The van der Waals surface area contributed by atoms with Crippen molar-refractivity contribution in [2.24, 2.45) is 0 Å². The van der Waals surface area contributed by atoms with Gasteiger partial charge in [-0.3, -0.25) is 0 Å². The molecule has 0 amide bonds. The number of benzene rings is 1. The molecule has 0 aromatic heterocycles. The van der Waals surface area contributed by atoms with Crippen molar-refractivity contribution in [3.63, 3.8) is 0 Å². The molecule has 16 heavy (non-hydrogen) atoms. The summed E-state index contributed by atoms with van der Waals surface area (Å²) in [6, 6.07) is 3.75. The maximum Gasteiger partial charge on any atom is 0.135 e. The molecule has 0 aliphatic carbocycles. The quantitative estimate of drug-likeness (QED) is 0.847. The second kappa shape index (κ2) is 5.89. The van der Waals surface area contributed by atoms with Crippen molar-refractivity contribution >= 4 is 27.4 Å². The maximum absolute atomic E-state index is 10.8. The smallest absolute Gasteiger partial charge is 0.135 e. The molecule has 0 radical (unpaired) electrons. The lowest BCUT2D eigenvalue weighted by Gasteiger charge is -2.09. The third kappa shape index (κ3) is 3.52. The minimum atomic E-state index is 0.214. The van der Waals surface area contributed by atoms with Crippen molar-refractivity contribution in [3.05, 3.63) is 22.2 Å². The Morgan fingerprint density at radius 2 is 2.19 bits per heavy atom. The Balaban J connectivity index is 2.73. The number of nitrogen functional groups attached to an aromatic ring is 1. The number of Topliss-reactive ketones (excluding diaryl/α,β-unsaturated/α-hetero) is 1. The van der Waals surface area contributed by atoms with Crippen LogP contribution in [0.1, 0.15) is 25.3 Å². The zero-order valence-electron chi connectivity index (χ0n) is 9.55. The number of ether oxygens (including phenoxy) is 1. The standard InChI is InChI=1S/C12H16BrNO2/c1-8(15)4-3-5-9-6-10(13)12(16-2)7-11(9)14/h6-7H,3-5,14H2,1-2H3. The number of halogens is 1. The highest BCUT2D eigenvalue weighted by Crippen LogP contribution is 2.30. The summed E-state index contributed by atoms with van der Waals surface area (Å²) in [4.78, 5) is 10.8. The minimum absolute atomic E-state index is 0.214. The first-order chi connectivity index (χ1) is 7.54. The largest absolute Gasteiger partial charge is 0.495 e. The fraction of sp³-hybridized carbons (Fsp3) is 0.417. The molecule has 0 atom stereocenters. The Bertz CT molecular complexity index is 391. The number of hydrogen-bond donors (Lipinski definition) is 1. The van der Waals surface area contributed by atoms with E-state index in [2.05, 4.69) is 15.9 Å². The molecule has 88 valence electrons. The molecule has 0 spiro atoms. The van der Waals surface area contributed by atoms with Gasteiger partial charge in [0.25, 0.3) is 0 Å².